The van der Waals surface area contributed by atoms with Crippen molar-refractivity contribution in [1.29, 1.82) is 5.26 Å². The van der Waals surface area contributed by atoms with Gasteiger partial charge in [-0.2, -0.15) is 5.26 Å². The molecule has 2 aromatic carbocycles. The Morgan fingerprint density at radius 1 is 1.20 bits per heavy atom. The number of nitrogens with two attached hydrogens (primary N) is 1. The summed E-state index contributed by atoms with van der Waals surface area (Å²) in [6.07, 6.45) is 0. The summed E-state index contributed by atoms with van der Waals surface area (Å²) in [7, 11) is 0. The summed E-state index contributed by atoms with van der Waals surface area (Å²) < 4.78 is 0. The van der Waals surface area contributed by atoms with E-state index in [0.29, 0.717) is 11.3 Å². The highest BCUT2D eigenvalue weighted by atomic mass is 15.1. The molecule has 0 radical (unpaired) electrons. The molecular weight excluding hydrogens is 246 g/mol. The fourth-order valence-electron chi connectivity index (χ4n) is 2.23. The minimum atomic E-state index is 0.528. The van der Waals surface area contributed by atoms with E-state index in [0.717, 1.165) is 18.8 Å². The van der Waals surface area contributed by atoms with Gasteiger partial charge in [-0.25, -0.2) is 0 Å². The molecule has 0 heterocycles. The average molecular weight is 265 g/mol. The lowest BCUT2D eigenvalue weighted by Gasteiger charge is -2.24. The van der Waals surface area contributed by atoms with Crippen LogP contribution in [0.5, 0.6) is 0 Å². The molecule has 2 rings (SSSR count). The van der Waals surface area contributed by atoms with Gasteiger partial charge >= 0.3 is 0 Å². The van der Waals surface area contributed by atoms with Crippen LogP contribution >= 0.6 is 0 Å². The number of nitrogen functional groups attached to an aromatic ring is 1. The highest BCUT2D eigenvalue weighted by Crippen LogP contribution is 2.23. The Hall–Kier alpha value is -2.47. The summed E-state index contributed by atoms with van der Waals surface area (Å²) in [6.45, 7) is 5.97. The van der Waals surface area contributed by atoms with Crippen LogP contribution in [0.1, 0.15) is 23.6 Å². The van der Waals surface area contributed by atoms with Crippen LogP contribution in [-0.2, 0) is 6.54 Å². The Morgan fingerprint density at radius 3 is 2.55 bits per heavy atom. The molecule has 2 N–H and O–H groups in total. The SMILES string of the molecule is CCN(Cc1ccccc1C)c1ccc(C#N)c(N)c1. The summed E-state index contributed by atoms with van der Waals surface area (Å²) in [5.41, 5.74) is 10.6. The first kappa shape index (κ1) is 14.0. The van der Waals surface area contributed by atoms with Gasteiger partial charge in [-0.15, -0.1) is 0 Å². The smallest absolute Gasteiger partial charge is 0.101 e. The van der Waals surface area contributed by atoms with E-state index in [9.17, 15) is 0 Å². The molecule has 2 aromatic rings. The second-order valence-electron chi connectivity index (χ2n) is 4.82. The van der Waals surface area contributed by atoms with Gasteiger partial charge in [0.25, 0.3) is 0 Å². The van der Waals surface area contributed by atoms with E-state index >= 15 is 0 Å². The molecule has 20 heavy (non-hydrogen) atoms. The van der Waals surface area contributed by atoms with E-state index in [1.54, 1.807) is 6.07 Å². The number of aryl methyl sites for hydroxylation is 1. The van der Waals surface area contributed by atoms with E-state index in [1.165, 1.54) is 11.1 Å². The van der Waals surface area contributed by atoms with Crippen molar-refractivity contribution in [2.45, 2.75) is 20.4 Å². The first-order valence-electron chi connectivity index (χ1n) is 6.74. The standard InChI is InChI=1S/C17H19N3/c1-3-20(12-15-7-5-4-6-13(15)2)16-9-8-14(11-18)17(19)10-16/h4-10H,3,12,19H2,1-2H3. The number of nitriles is 1. The highest BCUT2D eigenvalue weighted by Gasteiger charge is 2.09. The van der Waals surface area contributed by atoms with E-state index in [4.69, 9.17) is 11.0 Å². The van der Waals surface area contributed by atoms with Gasteiger partial charge < -0.3 is 10.6 Å². The second kappa shape index (κ2) is 6.12. The number of benzene rings is 2. The van der Waals surface area contributed by atoms with Crippen molar-refractivity contribution in [2.75, 3.05) is 17.2 Å². The predicted octanol–water partition coefficient (Wildman–Crippen LogP) is 3.48. The molecule has 0 aliphatic heterocycles. The van der Waals surface area contributed by atoms with Crippen molar-refractivity contribution in [3.05, 3.63) is 59.2 Å². The lowest BCUT2D eigenvalue weighted by molar-refractivity contribution is 0.827. The minimum Gasteiger partial charge on any atom is -0.398 e. The van der Waals surface area contributed by atoms with E-state index in [1.807, 2.05) is 12.1 Å². The molecule has 0 aromatic heterocycles. The summed E-state index contributed by atoms with van der Waals surface area (Å²) in [5, 5.41) is 8.93. The molecular formula is C17H19N3. The Morgan fingerprint density at radius 2 is 1.95 bits per heavy atom. The van der Waals surface area contributed by atoms with Crippen LogP contribution in [0.25, 0.3) is 0 Å². The maximum Gasteiger partial charge on any atom is 0.101 e. The molecule has 0 bridgehead atoms. The number of nitrogens with zero attached hydrogens (tertiary/aromatic N) is 2. The Kier molecular flexibility index (Phi) is 4.27. The zero-order valence-corrected chi connectivity index (χ0v) is 11.9. The topological polar surface area (TPSA) is 53.0 Å². The summed E-state index contributed by atoms with van der Waals surface area (Å²) in [5.74, 6) is 0. The van der Waals surface area contributed by atoms with Gasteiger partial charge in [-0.05, 0) is 43.2 Å². The van der Waals surface area contributed by atoms with Crippen molar-refractivity contribution in [3.8, 4) is 6.07 Å². The second-order valence-corrected chi connectivity index (χ2v) is 4.82. The van der Waals surface area contributed by atoms with E-state index < -0.39 is 0 Å². The van der Waals surface area contributed by atoms with Crippen LogP contribution in [-0.4, -0.2) is 6.54 Å². The number of hydrogen-bond acceptors (Lipinski definition) is 3. The molecule has 0 amide bonds. The van der Waals surface area contributed by atoms with Gasteiger partial charge in [0.05, 0.1) is 11.3 Å². The number of rotatable bonds is 4. The summed E-state index contributed by atoms with van der Waals surface area (Å²) in [4.78, 5) is 2.25. The van der Waals surface area contributed by atoms with Crippen molar-refractivity contribution in [1.82, 2.24) is 0 Å². The summed E-state index contributed by atoms with van der Waals surface area (Å²) >= 11 is 0. The average Bonchev–Trinajstić information content (AvgIpc) is 2.46. The van der Waals surface area contributed by atoms with Gasteiger partial charge in [0, 0.05) is 18.8 Å². The Labute approximate surface area is 120 Å². The zero-order chi connectivity index (χ0) is 14.5. The van der Waals surface area contributed by atoms with E-state index in [-0.39, 0.29) is 0 Å². The first-order valence-corrected chi connectivity index (χ1v) is 6.74. The molecule has 0 spiro atoms. The van der Waals surface area contributed by atoms with Gasteiger partial charge in [-0.3, -0.25) is 0 Å². The molecule has 3 heteroatoms. The summed E-state index contributed by atoms with van der Waals surface area (Å²) in [6, 6.07) is 16.1. The van der Waals surface area contributed by atoms with Crippen LogP contribution in [0.2, 0.25) is 0 Å². The molecule has 0 aliphatic rings. The van der Waals surface area contributed by atoms with Crippen LogP contribution in [0.4, 0.5) is 11.4 Å². The van der Waals surface area contributed by atoms with Crippen LogP contribution in [0.3, 0.4) is 0 Å². The van der Waals surface area contributed by atoms with Gasteiger partial charge in [0.2, 0.25) is 0 Å². The molecule has 102 valence electrons. The third-order valence-electron chi connectivity index (χ3n) is 3.52. The zero-order valence-electron chi connectivity index (χ0n) is 11.9. The molecule has 0 saturated heterocycles. The van der Waals surface area contributed by atoms with Crippen LogP contribution in [0, 0.1) is 18.3 Å². The largest absolute Gasteiger partial charge is 0.398 e. The lowest BCUT2D eigenvalue weighted by atomic mass is 10.1. The normalized spacial score (nSPS) is 10.1. The molecule has 3 nitrogen and oxygen atoms in total. The van der Waals surface area contributed by atoms with Gasteiger partial charge in [0.15, 0.2) is 0 Å². The monoisotopic (exact) mass is 265 g/mol. The van der Waals surface area contributed by atoms with Crippen molar-refractivity contribution < 1.29 is 0 Å². The van der Waals surface area contributed by atoms with Crippen molar-refractivity contribution in [2.24, 2.45) is 0 Å². The third kappa shape index (κ3) is 2.92. The van der Waals surface area contributed by atoms with Crippen LogP contribution in [0.15, 0.2) is 42.5 Å². The van der Waals surface area contributed by atoms with Crippen LogP contribution < -0.4 is 10.6 Å². The van der Waals surface area contributed by atoms with Gasteiger partial charge in [-0.1, -0.05) is 24.3 Å². The fraction of sp³-hybridized carbons (Fsp3) is 0.235. The third-order valence-corrected chi connectivity index (χ3v) is 3.52. The quantitative estimate of drug-likeness (QED) is 0.861. The first-order chi connectivity index (χ1) is 9.65. The number of hydrogen-bond donors (Lipinski definition) is 1. The van der Waals surface area contributed by atoms with Crippen molar-refractivity contribution >= 4 is 11.4 Å². The number of anilines is 2. The Bertz CT molecular complexity index is 641. The molecule has 0 fully saturated rings. The van der Waals surface area contributed by atoms with Gasteiger partial charge in [0.1, 0.15) is 6.07 Å². The predicted molar refractivity (Wildman–Crippen MR) is 83.5 cm³/mol. The lowest BCUT2D eigenvalue weighted by Crippen LogP contribution is -2.22. The molecule has 0 saturated carbocycles. The van der Waals surface area contributed by atoms with Crippen molar-refractivity contribution in [3.63, 3.8) is 0 Å². The van der Waals surface area contributed by atoms with E-state index in [2.05, 4.69) is 49.1 Å². The minimum absolute atomic E-state index is 0.528. The highest BCUT2D eigenvalue weighted by molar-refractivity contribution is 5.63. The molecule has 0 unspecified atom stereocenters. The Balaban J connectivity index is 2.27. The maximum absolute atomic E-state index is 8.93. The fourth-order valence-corrected chi connectivity index (χ4v) is 2.23. The maximum atomic E-state index is 8.93. The molecule has 0 atom stereocenters. The molecule has 0 aliphatic carbocycles.